The summed E-state index contributed by atoms with van der Waals surface area (Å²) in [5, 5.41) is 6.30. The van der Waals surface area contributed by atoms with Crippen molar-refractivity contribution in [2.75, 3.05) is 13.6 Å². The van der Waals surface area contributed by atoms with E-state index >= 15 is 0 Å². The first kappa shape index (κ1) is 13.3. The first-order chi connectivity index (χ1) is 8.11. The molecule has 0 aliphatic heterocycles. The molecule has 0 saturated carbocycles. The summed E-state index contributed by atoms with van der Waals surface area (Å²) in [6, 6.07) is 1.87. The molecular formula is C11H12Cl2N2S2. The molecule has 92 valence electrons. The van der Waals surface area contributed by atoms with Gasteiger partial charge in [0.1, 0.15) is 4.34 Å². The number of nitrogens with zero attached hydrogens (tertiary/aromatic N) is 1. The number of rotatable bonds is 4. The first-order valence-electron chi connectivity index (χ1n) is 5.17. The minimum atomic E-state index is 0.409. The first-order valence-corrected chi connectivity index (χ1v) is 7.62. The van der Waals surface area contributed by atoms with Gasteiger partial charge in [0.05, 0.1) is 15.0 Å². The zero-order valence-electron chi connectivity index (χ0n) is 9.46. The van der Waals surface area contributed by atoms with E-state index in [0.717, 1.165) is 22.8 Å². The molecule has 2 aromatic rings. The standard InChI is InChI=1S/C11H12Cl2N2S2/c1-6(4-14-2)11-15-8(5-16-11)7-3-9(12)17-10(7)13/h3,5-6,14H,4H2,1-2H3. The van der Waals surface area contributed by atoms with Crippen LogP contribution in [0.4, 0.5) is 0 Å². The highest BCUT2D eigenvalue weighted by Gasteiger charge is 2.14. The Morgan fingerprint density at radius 2 is 2.24 bits per heavy atom. The van der Waals surface area contributed by atoms with E-state index in [9.17, 15) is 0 Å². The zero-order chi connectivity index (χ0) is 12.4. The lowest BCUT2D eigenvalue weighted by atomic mass is 10.2. The third-order valence-electron chi connectivity index (χ3n) is 2.39. The second-order valence-electron chi connectivity index (χ2n) is 3.77. The molecular weight excluding hydrogens is 295 g/mol. The molecule has 17 heavy (non-hydrogen) atoms. The summed E-state index contributed by atoms with van der Waals surface area (Å²) in [6.07, 6.45) is 0. The van der Waals surface area contributed by atoms with Crippen LogP contribution in [0.15, 0.2) is 11.4 Å². The number of nitrogens with one attached hydrogen (secondary N) is 1. The summed E-state index contributed by atoms with van der Waals surface area (Å²) in [6.45, 7) is 3.08. The lowest BCUT2D eigenvalue weighted by molar-refractivity contribution is 0.674. The Balaban J connectivity index is 2.26. The normalized spacial score (nSPS) is 12.9. The molecule has 0 aromatic carbocycles. The third-order valence-corrected chi connectivity index (χ3v) is 4.95. The van der Waals surface area contributed by atoms with Gasteiger partial charge < -0.3 is 5.32 Å². The van der Waals surface area contributed by atoms with Crippen LogP contribution in [0.25, 0.3) is 11.3 Å². The molecule has 1 atom stereocenters. The maximum absolute atomic E-state index is 6.12. The topological polar surface area (TPSA) is 24.9 Å². The molecule has 0 fully saturated rings. The Morgan fingerprint density at radius 1 is 1.47 bits per heavy atom. The smallest absolute Gasteiger partial charge is 0.104 e. The minimum absolute atomic E-state index is 0.409. The van der Waals surface area contributed by atoms with Crippen molar-refractivity contribution >= 4 is 45.9 Å². The fourth-order valence-corrected chi connectivity index (χ4v) is 3.91. The van der Waals surface area contributed by atoms with Gasteiger partial charge in [-0.2, -0.15) is 0 Å². The second-order valence-corrected chi connectivity index (χ2v) is 6.94. The summed E-state index contributed by atoms with van der Waals surface area (Å²) in [5.74, 6) is 0.409. The molecule has 2 rings (SSSR count). The highest BCUT2D eigenvalue weighted by Crippen LogP contribution is 2.38. The molecule has 0 aliphatic rings. The van der Waals surface area contributed by atoms with E-state index in [1.165, 1.54) is 11.3 Å². The van der Waals surface area contributed by atoms with Crippen LogP contribution in [0.2, 0.25) is 8.67 Å². The molecule has 2 aromatic heterocycles. The van der Waals surface area contributed by atoms with Gasteiger partial charge in [-0.3, -0.25) is 0 Å². The largest absolute Gasteiger partial charge is 0.319 e. The Labute approximate surface area is 119 Å². The van der Waals surface area contributed by atoms with Gasteiger partial charge in [-0.1, -0.05) is 30.1 Å². The number of thiophene rings is 1. The highest BCUT2D eigenvalue weighted by molar-refractivity contribution is 7.20. The Hall–Kier alpha value is -0.130. The number of hydrogen-bond acceptors (Lipinski definition) is 4. The SMILES string of the molecule is CNCC(C)c1nc(-c2cc(Cl)sc2Cl)cs1. The summed E-state index contributed by atoms with van der Waals surface area (Å²) in [4.78, 5) is 4.62. The van der Waals surface area contributed by atoms with Crippen LogP contribution in [-0.4, -0.2) is 18.6 Å². The Kier molecular flexibility index (Phi) is 4.44. The fourth-order valence-electron chi connectivity index (χ4n) is 1.55. The van der Waals surface area contributed by atoms with Crippen LogP contribution in [-0.2, 0) is 0 Å². The van der Waals surface area contributed by atoms with Crippen molar-refractivity contribution in [3.8, 4) is 11.3 Å². The monoisotopic (exact) mass is 306 g/mol. The molecule has 1 unspecified atom stereocenters. The third kappa shape index (κ3) is 3.01. The average Bonchev–Trinajstić information content (AvgIpc) is 2.85. The van der Waals surface area contributed by atoms with E-state index in [1.54, 1.807) is 11.3 Å². The predicted molar refractivity (Wildman–Crippen MR) is 77.8 cm³/mol. The maximum atomic E-state index is 6.12. The quantitative estimate of drug-likeness (QED) is 0.899. The van der Waals surface area contributed by atoms with Crippen molar-refractivity contribution in [3.63, 3.8) is 0 Å². The molecule has 0 spiro atoms. The van der Waals surface area contributed by atoms with Crippen LogP contribution < -0.4 is 5.32 Å². The van der Waals surface area contributed by atoms with Gasteiger partial charge in [0, 0.05) is 23.4 Å². The van der Waals surface area contributed by atoms with Crippen molar-refractivity contribution in [1.29, 1.82) is 0 Å². The van der Waals surface area contributed by atoms with Gasteiger partial charge in [0.25, 0.3) is 0 Å². The molecule has 6 heteroatoms. The molecule has 0 amide bonds. The molecule has 2 nitrogen and oxygen atoms in total. The number of halogens is 2. The van der Waals surface area contributed by atoms with Gasteiger partial charge in [-0.15, -0.1) is 22.7 Å². The van der Waals surface area contributed by atoms with E-state index in [0.29, 0.717) is 14.6 Å². The summed E-state index contributed by atoms with van der Waals surface area (Å²) in [7, 11) is 1.94. The van der Waals surface area contributed by atoms with E-state index in [-0.39, 0.29) is 0 Å². The van der Waals surface area contributed by atoms with Gasteiger partial charge in [-0.25, -0.2) is 4.98 Å². The average molecular weight is 307 g/mol. The second kappa shape index (κ2) is 5.67. The van der Waals surface area contributed by atoms with Crippen LogP contribution in [0.5, 0.6) is 0 Å². The van der Waals surface area contributed by atoms with E-state index in [2.05, 4.69) is 17.2 Å². The lowest BCUT2D eigenvalue weighted by Crippen LogP contribution is -2.14. The van der Waals surface area contributed by atoms with E-state index in [1.807, 2.05) is 18.5 Å². The molecule has 0 aliphatic carbocycles. The number of thiazole rings is 1. The molecule has 2 heterocycles. The van der Waals surface area contributed by atoms with Gasteiger partial charge in [0.15, 0.2) is 0 Å². The van der Waals surface area contributed by atoms with Crippen LogP contribution in [0.1, 0.15) is 17.8 Å². The molecule has 0 saturated heterocycles. The molecule has 0 bridgehead atoms. The minimum Gasteiger partial charge on any atom is -0.319 e. The van der Waals surface area contributed by atoms with E-state index < -0.39 is 0 Å². The summed E-state index contributed by atoms with van der Waals surface area (Å²) >= 11 is 15.1. The zero-order valence-corrected chi connectivity index (χ0v) is 12.6. The number of likely N-dealkylation sites (N-methyl/N-ethyl adjacent to an activating group) is 1. The molecule has 0 radical (unpaired) electrons. The number of aromatic nitrogens is 1. The van der Waals surface area contributed by atoms with Crippen molar-refractivity contribution in [2.24, 2.45) is 0 Å². The molecule has 1 N–H and O–H groups in total. The van der Waals surface area contributed by atoms with Crippen molar-refractivity contribution in [1.82, 2.24) is 10.3 Å². The van der Waals surface area contributed by atoms with Gasteiger partial charge in [0.2, 0.25) is 0 Å². The number of hydrogen-bond donors (Lipinski definition) is 1. The van der Waals surface area contributed by atoms with Gasteiger partial charge >= 0.3 is 0 Å². The lowest BCUT2D eigenvalue weighted by Gasteiger charge is -2.05. The Bertz CT molecular complexity index is 507. The van der Waals surface area contributed by atoms with Crippen molar-refractivity contribution in [2.45, 2.75) is 12.8 Å². The van der Waals surface area contributed by atoms with Crippen LogP contribution in [0, 0.1) is 0 Å². The van der Waals surface area contributed by atoms with Crippen molar-refractivity contribution < 1.29 is 0 Å². The predicted octanol–water partition coefficient (Wildman–Crippen LogP) is 4.50. The highest BCUT2D eigenvalue weighted by atomic mass is 35.5. The summed E-state index contributed by atoms with van der Waals surface area (Å²) in [5.41, 5.74) is 1.85. The fraction of sp³-hybridized carbons (Fsp3) is 0.364. The van der Waals surface area contributed by atoms with Crippen LogP contribution >= 0.6 is 45.9 Å². The van der Waals surface area contributed by atoms with Crippen molar-refractivity contribution in [3.05, 3.63) is 25.1 Å². The maximum Gasteiger partial charge on any atom is 0.104 e. The summed E-state index contributed by atoms with van der Waals surface area (Å²) < 4.78 is 1.40. The van der Waals surface area contributed by atoms with Gasteiger partial charge in [-0.05, 0) is 13.1 Å². The van der Waals surface area contributed by atoms with E-state index in [4.69, 9.17) is 23.2 Å². The van der Waals surface area contributed by atoms with Crippen LogP contribution in [0.3, 0.4) is 0 Å². The Morgan fingerprint density at radius 3 is 2.82 bits per heavy atom.